The molecule has 0 saturated heterocycles. The predicted molar refractivity (Wildman–Crippen MR) is 137 cm³/mol. The minimum atomic E-state index is -1.02. The van der Waals surface area contributed by atoms with Crippen LogP contribution in [0.3, 0.4) is 0 Å². The molecule has 0 amide bonds. The fraction of sp³-hybridized carbons (Fsp3) is 0.767. The first kappa shape index (κ1) is 26.1. The summed E-state index contributed by atoms with van der Waals surface area (Å²) < 4.78 is 11.9. The van der Waals surface area contributed by atoms with Crippen molar-refractivity contribution in [3.05, 3.63) is 35.6 Å². The van der Waals surface area contributed by atoms with E-state index in [1.54, 1.807) is 13.8 Å². The molecule has 3 N–H and O–H groups in total. The maximum atomic E-state index is 12.2. The standard InChI is InChI=1S/C30H44O6/c1-16(21-14-24(32)28(4,5)36-21)20-10-8-17(26(34)35-20)18-9-11-23-29(18,6)13-12-22-27(2,3)25(33)19(31)15-30(22,23)7/h8,14,18-20,22-23,25-26,31,33-34H,1,9-13,15H2,2-7H3. The van der Waals surface area contributed by atoms with Crippen LogP contribution in [-0.4, -0.2) is 51.3 Å². The van der Waals surface area contributed by atoms with Gasteiger partial charge in [0.25, 0.3) is 0 Å². The van der Waals surface area contributed by atoms with Gasteiger partial charge in [0.05, 0.1) is 18.3 Å². The van der Waals surface area contributed by atoms with Crippen LogP contribution in [0.2, 0.25) is 0 Å². The highest BCUT2D eigenvalue weighted by molar-refractivity contribution is 5.99. The lowest BCUT2D eigenvalue weighted by Crippen LogP contribution is -2.62. The maximum absolute atomic E-state index is 12.2. The molecule has 9 unspecified atom stereocenters. The van der Waals surface area contributed by atoms with Crippen molar-refractivity contribution in [2.24, 2.45) is 34.0 Å². The number of aliphatic hydroxyl groups excluding tert-OH is 3. The molecule has 0 aromatic rings. The molecular weight excluding hydrogens is 456 g/mol. The van der Waals surface area contributed by atoms with Crippen molar-refractivity contribution in [2.75, 3.05) is 0 Å². The molecule has 3 saturated carbocycles. The number of hydrogen-bond donors (Lipinski definition) is 3. The van der Waals surface area contributed by atoms with Crippen LogP contribution in [0.5, 0.6) is 0 Å². The molecule has 3 aliphatic carbocycles. The molecule has 3 fully saturated rings. The lowest BCUT2D eigenvalue weighted by molar-refractivity contribution is -0.209. The zero-order chi connectivity index (χ0) is 26.4. The van der Waals surface area contributed by atoms with E-state index < -0.39 is 30.2 Å². The van der Waals surface area contributed by atoms with Crippen molar-refractivity contribution in [2.45, 2.75) is 110 Å². The summed E-state index contributed by atoms with van der Waals surface area (Å²) in [5.74, 6) is 1.31. The molecule has 36 heavy (non-hydrogen) atoms. The largest absolute Gasteiger partial charge is 0.479 e. The summed E-state index contributed by atoms with van der Waals surface area (Å²) >= 11 is 0. The third-order valence-corrected chi connectivity index (χ3v) is 11.0. The van der Waals surface area contributed by atoms with Crippen molar-refractivity contribution in [1.82, 2.24) is 0 Å². The minimum absolute atomic E-state index is 0.00308. The third-order valence-electron chi connectivity index (χ3n) is 11.0. The number of fused-ring (bicyclic) bond motifs is 3. The monoisotopic (exact) mass is 500 g/mol. The Morgan fingerprint density at radius 2 is 1.69 bits per heavy atom. The van der Waals surface area contributed by atoms with Crippen molar-refractivity contribution in [3.63, 3.8) is 0 Å². The van der Waals surface area contributed by atoms with Crippen LogP contribution in [0.15, 0.2) is 35.6 Å². The Balaban J connectivity index is 1.36. The number of ketones is 1. The van der Waals surface area contributed by atoms with Crippen LogP contribution in [-0.2, 0) is 14.3 Å². The molecule has 0 aromatic heterocycles. The normalized spacial score (nSPS) is 47.4. The summed E-state index contributed by atoms with van der Waals surface area (Å²) in [4.78, 5) is 12.2. The van der Waals surface area contributed by atoms with Gasteiger partial charge in [0, 0.05) is 11.6 Å². The number of carbonyl (C=O) groups excluding carboxylic acids is 1. The first-order valence-electron chi connectivity index (χ1n) is 13.7. The summed E-state index contributed by atoms with van der Waals surface area (Å²) in [7, 11) is 0. The Labute approximate surface area is 215 Å². The first-order valence-corrected chi connectivity index (χ1v) is 13.7. The highest BCUT2D eigenvalue weighted by Crippen LogP contribution is 2.70. The van der Waals surface area contributed by atoms with Gasteiger partial charge in [-0.05, 0) is 91.9 Å². The molecule has 9 atom stereocenters. The number of rotatable bonds is 3. The fourth-order valence-corrected chi connectivity index (χ4v) is 9.15. The Morgan fingerprint density at radius 3 is 2.31 bits per heavy atom. The molecular formula is C30H44O6. The van der Waals surface area contributed by atoms with Gasteiger partial charge in [-0.2, -0.15) is 0 Å². The zero-order valence-corrected chi connectivity index (χ0v) is 22.7. The first-order chi connectivity index (χ1) is 16.6. The lowest BCUT2D eigenvalue weighted by Gasteiger charge is -2.64. The van der Waals surface area contributed by atoms with Gasteiger partial charge in [-0.1, -0.05) is 40.3 Å². The second kappa shape index (κ2) is 8.26. The Kier molecular flexibility index (Phi) is 6.00. The van der Waals surface area contributed by atoms with Crippen molar-refractivity contribution in [1.29, 1.82) is 0 Å². The summed E-state index contributed by atoms with van der Waals surface area (Å²) in [6, 6.07) is 0. The van der Waals surface area contributed by atoms with E-state index in [9.17, 15) is 20.1 Å². The molecule has 0 bridgehead atoms. The number of carbonyl (C=O) groups is 1. The molecule has 6 nitrogen and oxygen atoms in total. The number of aliphatic hydroxyl groups is 3. The van der Waals surface area contributed by atoms with E-state index in [1.807, 2.05) is 0 Å². The third kappa shape index (κ3) is 3.62. The van der Waals surface area contributed by atoms with E-state index in [4.69, 9.17) is 9.47 Å². The molecule has 0 radical (unpaired) electrons. The van der Waals surface area contributed by atoms with Crippen LogP contribution < -0.4 is 0 Å². The average molecular weight is 501 g/mol. The van der Waals surface area contributed by atoms with Gasteiger partial charge in [-0.3, -0.25) is 4.79 Å². The Bertz CT molecular complexity index is 1020. The van der Waals surface area contributed by atoms with E-state index >= 15 is 0 Å². The quantitative estimate of drug-likeness (QED) is 0.496. The van der Waals surface area contributed by atoms with Gasteiger partial charge in [0.15, 0.2) is 11.9 Å². The van der Waals surface area contributed by atoms with E-state index in [0.717, 1.165) is 31.3 Å². The fourth-order valence-electron chi connectivity index (χ4n) is 9.15. The topological polar surface area (TPSA) is 96.2 Å². The van der Waals surface area contributed by atoms with Gasteiger partial charge in [-0.15, -0.1) is 0 Å². The molecule has 2 heterocycles. The smallest absolute Gasteiger partial charge is 0.202 e. The van der Waals surface area contributed by atoms with E-state index in [0.29, 0.717) is 36.0 Å². The van der Waals surface area contributed by atoms with E-state index in [1.165, 1.54) is 6.08 Å². The zero-order valence-electron chi connectivity index (χ0n) is 22.7. The second-order valence-electron chi connectivity index (χ2n) is 13.8. The second-order valence-corrected chi connectivity index (χ2v) is 13.8. The lowest BCUT2D eigenvalue weighted by atomic mass is 9.42. The van der Waals surface area contributed by atoms with Gasteiger partial charge in [0.1, 0.15) is 5.76 Å². The van der Waals surface area contributed by atoms with Gasteiger partial charge in [-0.25, -0.2) is 0 Å². The van der Waals surface area contributed by atoms with Crippen LogP contribution in [0.25, 0.3) is 0 Å². The Hall–Kier alpha value is -1.47. The number of ether oxygens (including phenoxy) is 2. The van der Waals surface area contributed by atoms with Crippen molar-refractivity contribution < 1.29 is 29.6 Å². The average Bonchev–Trinajstić information content (AvgIpc) is 3.27. The Morgan fingerprint density at radius 1 is 1.00 bits per heavy atom. The summed E-state index contributed by atoms with van der Waals surface area (Å²) in [6.07, 6.45) is 6.02. The molecule has 200 valence electrons. The van der Waals surface area contributed by atoms with Crippen molar-refractivity contribution in [3.8, 4) is 0 Å². The van der Waals surface area contributed by atoms with E-state index in [-0.39, 0.29) is 27.9 Å². The van der Waals surface area contributed by atoms with Crippen LogP contribution >= 0.6 is 0 Å². The molecule has 5 rings (SSSR count). The van der Waals surface area contributed by atoms with E-state index in [2.05, 4.69) is 40.3 Å². The maximum Gasteiger partial charge on any atom is 0.202 e. The van der Waals surface area contributed by atoms with Gasteiger partial charge in [0.2, 0.25) is 5.78 Å². The van der Waals surface area contributed by atoms with Crippen LogP contribution in [0.4, 0.5) is 0 Å². The molecule has 2 aliphatic heterocycles. The molecule has 5 aliphatic rings. The SMILES string of the molecule is C=C(C1=CC(=O)C(C)(C)O1)C1CC=C(C2CCC3C2(C)CCC2C(C)(C)C(O)C(O)CC23C)C(O)O1. The highest BCUT2D eigenvalue weighted by Gasteiger charge is 2.65. The van der Waals surface area contributed by atoms with Crippen LogP contribution in [0.1, 0.15) is 80.1 Å². The molecule has 0 spiro atoms. The summed E-state index contributed by atoms with van der Waals surface area (Å²) in [5, 5.41) is 32.8. The number of hydrogen-bond acceptors (Lipinski definition) is 6. The molecule has 0 aromatic carbocycles. The predicted octanol–water partition coefficient (Wildman–Crippen LogP) is 4.44. The highest BCUT2D eigenvalue weighted by atomic mass is 16.6. The minimum Gasteiger partial charge on any atom is -0.479 e. The summed E-state index contributed by atoms with van der Waals surface area (Å²) in [5.41, 5.74) is 0.249. The summed E-state index contributed by atoms with van der Waals surface area (Å²) in [6.45, 7) is 16.5. The van der Waals surface area contributed by atoms with Crippen molar-refractivity contribution >= 4 is 5.78 Å². The van der Waals surface area contributed by atoms with Crippen LogP contribution in [0, 0.1) is 34.0 Å². The molecule has 6 heteroatoms. The van der Waals surface area contributed by atoms with Gasteiger partial charge >= 0.3 is 0 Å². The van der Waals surface area contributed by atoms with Gasteiger partial charge < -0.3 is 24.8 Å².